The van der Waals surface area contributed by atoms with E-state index in [0.29, 0.717) is 12.8 Å². The van der Waals surface area contributed by atoms with Crippen LogP contribution in [0.1, 0.15) is 40.5 Å². The third kappa shape index (κ3) is 1.64. The maximum atomic E-state index is 11.9. The van der Waals surface area contributed by atoms with E-state index in [0.717, 1.165) is 0 Å². The maximum Gasteiger partial charge on any atom is 0.134 e. The number of carbonyl (C=O) groups excluding carboxylic acids is 1. The van der Waals surface area contributed by atoms with Gasteiger partial charge in [0.05, 0.1) is 7.80 Å². The van der Waals surface area contributed by atoms with Crippen molar-refractivity contribution in [1.82, 2.24) is 0 Å². The summed E-state index contributed by atoms with van der Waals surface area (Å²) in [4.78, 5) is 11.3. The molecule has 0 bridgehead atoms. The Morgan fingerprint density at radius 2 is 1.42 bits per heavy atom. The average Bonchev–Trinajstić information content (AvgIpc) is 1.80. The van der Waals surface area contributed by atoms with E-state index < -0.39 is 7.80 Å². The Kier molecular flexibility index (Phi) is 2.24. The van der Waals surface area contributed by atoms with Crippen LogP contribution in [0, 0.1) is 0 Å². The van der Waals surface area contributed by atoms with E-state index in [1.54, 1.807) is 0 Å². The second kappa shape index (κ2) is 2.70. The summed E-state index contributed by atoms with van der Waals surface area (Å²) < 4.78 is 11.9. The van der Waals surface area contributed by atoms with Gasteiger partial charge >= 0.3 is 0 Å². The summed E-state index contributed by atoms with van der Waals surface area (Å²) >= 11 is 0. The van der Waals surface area contributed by atoms with Crippen molar-refractivity contribution < 1.29 is 9.36 Å². The number of ketones is 1. The molecular formula is C9H17O2P. The van der Waals surface area contributed by atoms with Crippen LogP contribution in [0.4, 0.5) is 0 Å². The zero-order chi connectivity index (χ0) is 9.57. The first-order valence-corrected chi connectivity index (χ1v) is 5.73. The molecule has 0 unspecified atom stereocenters. The largest absolute Gasteiger partial charge is 0.326 e. The molecule has 0 N–H and O–H groups in total. The molecule has 0 spiro atoms. The van der Waals surface area contributed by atoms with Crippen LogP contribution >= 0.6 is 7.80 Å². The smallest absolute Gasteiger partial charge is 0.134 e. The summed E-state index contributed by atoms with van der Waals surface area (Å²) in [6.07, 6.45) is 0.989. The first kappa shape index (κ1) is 9.98. The van der Waals surface area contributed by atoms with E-state index in [-0.39, 0.29) is 16.1 Å². The molecule has 0 aliphatic carbocycles. The van der Waals surface area contributed by atoms with Crippen LogP contribution in [-0.4, -0.2) is 16.1 Å². The predicted molar refractivity (Wildman–Crippen MR) is 51.4 cm³/mol. The second-order valence-electron chi connectivity index (χ2n) is 4.99. The second-order valence-corrected chi connectivity index (χ2v) is 8.35. The van der Waals surface area contributed by atoms with Gasteiger partial charge in [-0.15, -0.1) is 0 Å². The minimum Gasteiger partial charge on any atom is -0.326 e. The molecule has 0 aromatic heterocycles. The fourth-order valence-corrected chi connectivity index (χ4v) is 4.67. The van der Waals surface area contributed by atoms with Gasteiger partial charge in [-0.1, -0.05) is 27.7 Å². The highest BCUT2D eigenvalue weighted by molar-refractivity contribution is 7.48. The van der Waals surface area contributed by atoms with Crippen molar-refractivity contribution in [3.63, 3.8) is 0 Å². The van der Waals surface area contributed by atoms with Gasteiger partial charge in [-0.05, 0) is 0 Å². The van der Waals surface area contributed by atoms with Crippen LogP contribution < -0.4 is 0 Å². The monoisotopic (exact) mass is 188 g/mol. The van der Waals surface area contributed by atoms with Gasteiger partial charge < -0.3 is 4.57 Å². The van der Waals surface area contributed by atoms with Crippen molar-refractivity contribution in [3.05, 3.63) is 0 Å². The number of hydrogen-bond acceptors (Lipinski definition) is 2. The number of rotatable bonds is 0. The van der Waals surface area contributed by atoms with Crippen LogP contribution in [0.3, 0.4) is 0 Å². The lowest BCUT2D eigenvalue weighted by atomic mass is 9.97. The predicted octanol–water partition coefficient (Wildman–Crippen LogP) is 2.47. The zero-order valence-corrected chi connectivity index (χ0v) is 9.23. The lowest BCUT2D eigenvalue weighted by Crippen LogP contribution is -2.36. The number of hydrogen-bond donors (Lipinski definition) is 0. The van der Waals surface area contributed by atoms with E-state index in [9.17, 15) is 9.36 Å². The fourth-order valence-electron chi connectivity index (χ4n) is 2.12. The van der Waals surface area contributed by atoms with Crippen molar-refractivity contribution >= 4 is 13.6 Å². The van der Waals surface area contributed by atoms with Crippen molar-refractivity contribution in [2.24, 2.45) is 0 Å². The zero-order valence-electron chi connectivity index (χ0n) is 8.23. The minimum atomic E-state index is -1.65. The summed E-state index contributed by atoms with van der Waals surface area (Å²) in [5, 5.41) is -0.521. The maximum absolute atomic E-state index is 11.9. The molecule has 12 heavy (non-hydrogen) atoms. The van der Waals surface area contributed by atoms with Crippen LogP contribution in [0.15, 0.2) is 0 Å². The minimum absolute atomic E-state index is 0.259. The molecule has 0 amide bonds. The van der Waals surface area contributed by atoms with Crippen LogP contribution in [0.25, 0.3) is 0 Å². The molecule has 0 aromatic carbocycles. The molecule has 1 fully saturated rings. The topological polar surface area (TPSA) is 34.1 Å². The Morgan fingerprint density at radius 1 is 1.08 bits per heavy atom. The third-order valence-electron chi connectivity index (χ3n) is 2.51. The lowest BCUT2D eigenvalue weighted by Gasteiger charge is -2.38. The molecule has 1 aliphatic heterocycles. The average molecular weight is 188 g/mol. The molecule has 70 valence electrons. The standard InChI is InChI=1S/C9H17O2P/c1-8(2)5-7(10)6-9(3,4)12(8)11/h12H,5-6H2,1-4H3. The van der Waals surface area contributed by atoms with Crippen molar-refractivity contribution in [2.75, 3.05) is 0 Å². The Morgan fingerprint density at radius 3 is 1.75 bits per heavy atom. The molecule has 0 saturated carbocycles. The molecule has 1 rings (SSSR count). The van der Waals surface area contributed by atoms with E-state index >= 15 is 0 Å². The summed E-state index contributed by atoms with van der Waals surface area (Å²) in [5.41, 5.74) is 0. The molecule has 0 radical (unpaired) electrons. The van der Waals surface area contributed by atoms with Crippen molar-refractivity contribution in [3.8, 4) is 0 Å². The van der Waals surface area contributed by atoms with Gasteiger partial charge in [0.15, 0.2) is 0 Å². The molecule has 1 saturated heterocycles. The van der Waals surface area contributed by atoms with E-state index in [1.165, 1.54) is 0 Å². The van der Waals surface area contributed by atoms with Crippen molar-refractivity contribution in [1.29, 1.82) is 0 Å². The highest BCUT2D eigenvalue weighted by atomic mass is 31.1. The third-order valence-corrected chi connectivity index (χ3v) is 5.32. The van der Waals surface area contributed by atoms with E-state index in [4.69, 9.17) is 0 Å². The Balaban J connectivity index is 2.99. The van der Waals surface area contributed by atoms with E-state index in [2.05, 4.69) is 0 Å². The number of carbonyl (C=O) groups is 1. The van der Waals surface area contributed by atoms with Crippen LogP contribution in [0.5, 0.6) is 0 Å². The molecule has 1 aliphatic rings. The Hall–Kier alpha value is -0.100. The normalized spacial score (nSPS) is 28.8. The van der Waals surface area contributed by atoms with Crippen LogP contribution in [0.2, 0.25) is 0 Å². The summed E-state index contributed by atoms with van der Waals surface area (Å²) in [6, 6.07) is 0. The highest BCUT2D eigenvalue weighted by Crippen LogP contribution is 2.56. The summed E-state index contributed by atoms with van der Waals surface area (Å²) in [6.45, 7) is 7.75. The van der Waals surface area contributed by atoms with E-state index in [1.807, 2.05) is 27.7 Å². The molecule has 3 heteroatoms. The van der Waals surface area contributed by atoms with Crippen molar-refractivity contribution in [2.45, 2.75) is 50.8 Å². The van der Waals surface area contributed by atoms with Gasteiger partial charge in [0.1, 0.15) is 5.78 Å². The molecule has 0 aromatic rings. The van der Waals surface area contributed by atoms with Gasteiger partial charge in [0.2, 0.25) is 0 Å². The van der Waals surface area contributed by atoms with Gasteiger partial charge in [0.25, 0.3) is 0 Å². The van der Waals surface area contributed by atoms with Crippen LogP contribution in [-0.2, 0) is 9.36 Å². The quantitative estimate of drug-likeness (QED) is 0.547. The first-order valence-electron chi connectivity index (χ1n) is 4.32. The molecular weight excluding hydrogens is 171 g/mol. The van der Waals surface area contributed by atoms with Gasteiger partial charge in [-0.2, -0.15) is 0 Å². The Bertz CT molecular complexity index is 219. The number of Topliss-reactive ketones (excluding diaryl/α,β-unsaturated/α-hetero) is 1. The SMILES string of the molecule is CC1(C)CC(=O)CC(C)(C)[PH]1=O. The lowest BCUT2D eigenvalue weighted by molar-refractivity contribution is -0.120. The first-order chi connectivity index (χ1) is 5.26. The Labute approximate surface area is 74.5 Å². The summed E-state index contributed by atoms with van der Waals surface area (Å²) in [5.74, 6) is 0.259. The summed E-state index contributed by atoms with van der Waals surface area (Å²) in [7, 11) is -1.65. The molecule has 1 heterocycles. The van der Waals surface area contributed by atoms with Gasteiger partial charge in [-0.3, -0.25) is 4.79 Å². The molecule has 2 nitrogen and oxygen atoms in total. The van der Waals surface area contributed by atoms with Gasteiger partial charge in [0, 0.05) is 23.2 Å². The highest BCUT2D eigenvalue weighted by Gasteiger charge is 2.44. The fraction of sp³-hybridized carbons (Fsp3) is 0.889. The molecule has 0 atom stereocenters. The van der Waals surface area contributed by atoms with Gasteiger partial charge in [-0.25, -0.2) is 0 Å².